The molecule has 1 rings (SSSR count). The highest BCUT2D eigenvalue weighted by Gasteiger charge is 2.24. The molecule has 0 fully saturated rings. The number of nitrogen functional groups attached to an aromatic ring is 1. The minimum Gasteiger partial charge on any atom is -0.494 e. The van der Waals surface area contributed by atoms with Gasteiger partial charge in [0.05, 0.1) is 24.0 Å². The Labute approximate surface area is 114 Å². The number of benzene rings is 1. The number of ether oxygens (including phenoxy) is 1. The summed E-state index contributed by atoms with van der Waals surface area (Å²) in [5.74, 6) is 0.176. The maximum Gasteiger partial charge on any atom is 0.257 e. The number of methoxy groups -OCH3 is 1. The second kappa shape index (κ2) is 5.93. The molecule has 1 aromatic carbocycles. The van der Waals surface area contributed by atoms with Gasteiger partial charge < -0.3 is 20.5 Å². The van der Waals surface area contributed by atoms with Crippen molar-refractivity contribution >= 4 is 11.6 Å². The van der Waals surface area contributed by atoms with E-state index in [0.29, 0.717) is 23.5 Å². The molecule has 0 saturated heterocycles. The predicted octanol–water partition coefficient (Wildman–Crippen LogP) is 1.51. The third-order valence-electron chi connectivity index (χ3n) is 2.73. The van der Waals surface area contributed by atoms with Gasteiger partial charge in [0, 0.05) is 13.1 Å². The van der Waals surface area contributed by atoms with Crippen molar-refractivity contribution in [3.63, 3.8) is 0 Å². The Morgan fingerprint density at radius 3 is 2.58 bits per heavy atom. The molecule has 0 bridgehead atoms. The summed E-state index contributed by atoms with van der Waals surface area (Å²) in [4.78, 5) is 14.0. The maximum atomic E-state index is 12.5. The van der Waals surface area contributed by atoms with Crippen LogP contribution in [0.25, 0.3) is 0 Å². The number of likely N-dealkylation sites (N-methyl/N-ethyl adjacent to an activating group) is 1. The van der Waals surface area contributed by atoms with Crippen molar-refractivity contribution in [2.75, 3.05) is 25.9 Å². The highest BCUT2D eigenvalue weighted by atomic mass is 16.5. The highest BCUT2D eigenvalue weighted by molar-refractivity contribution is 5.98. The van der Waals surface area contributed by atoms with Gasteiger partial charge in [-0.3, -0.25) is 4.79 Å². The first-order valence-corrected chi connectivity index (χ1v) is 6.24. The van der Waals surface area contributed by atoms with Crippen molar-refractivity contribution in [1.29, 1.82) is 0 Å². The second-order valence-corrected chi connectivity index (χ2v) is 5.06. The number of carbonyl (C=O) groups excluding carboxylic acids is 1. The molecule has 19 heavy (non-hydrogen) atoms. The standard InChI is InChI=1S/C14H22N2O3/c1-5-16(9-14(2,3)18)13(17)10-7-6-8-11(15)12(10)19-4/h6-8,18H,5,9,15H2,1-4H3. The van der Waals surface area contributed by atoms with Crippen LogP contribution in [0.15, 0.2) is 18.2 Å². The predicted molar refractivity (Wildman–Crippen MR) is 75.3 cm³/mol. The first-order valence-electron chi connectivity index (χ1n) is 6.24. The van der Waals surface area contributed by atoms with E-state index >= 15 is 0 Å². The summed E-state index contributed by atoms with van der Waals surface area (Å²) in [6.07, 6.45) is 0. The summed E-state index contributed by atoms with van der Waals surface area (Å²) in [7, 11) is 1.48. The summed E-state index contributed by atoms with van der Waals surface area (Å²) >= 11 is 0. The van der Waals surface area contributed by atoms with Crippen LogP contribution in [-0.4, -0.2) is 41.7 Å². The largest absolute Gasteiger partial charge is 0.494 e. The Balaban J connectivity index is 3.08. The van der Waals surface area contributed by atoms with Crippen LogP contribution in [0.3, 0.4) is 0 Å². The lowest BCUT2D eigenvalue weighted by Gasteiger charge is -2.28. The number of nitrogens with two attached hydrogens (primary N) is 1. The topological polar surface area (TPSA) is 75.8 Å². The van der Waals surface area contributed by atoms with Gasteiger partial charge >= 0.3 is 0 Å². The van der Waals surface area contributed by atoms with Crippen molar-refractivity contribution in [1.82, 2.24) is 4.90 Å². The average Bonchev–Trinajstić information content (AvgIpc) is 2.33. The molecule has 0 radical (unpaired) electrons. The minimum absolute atomic E-state index is 0.200. The van der Waals surface area contributed by atoms with Crippen LogP contribution in [0.4, 0.5) is 5.69 Å². The molecule has 106 valence electrons. The van der Waals surface area contributed by atoms with E-state index in [-0.39, 0.29) is 12.5 Å². The Hall–Kier alpha value is -1.75. The first-order chi connectivity index (χ1) is 8.80. The lowest BCUT2D eigenvalue weighted by Crippen LogP contribution is -2.42. The van der Waals surface area contributed by atoms with Crippen LogP contribution in [0, 0.1) is 0 Å². The molecule has 0 aromatic heterocycles. The number of para-hydroxylation sites is 1. The van der Waals surface area contributed by atoms with Crippen LogP contribution in [0.1, 0.15) is 31.1 Å². The molecule has 1 amide bonds. The lowest BCUT2D eigenvalue weighted by molar-refractivity contribution is 0.0313. The summed E-state index contributed by atoms with van der Waals surface area (Å²) in [5.41, 5.74) is 5.68. The van der Waals surface area contributed by atoms with Crippen molar-refractivity contribution in [2.45, 2.75) is 26.4 Å². The van der Waals surface area contributed by atoms with Gasteiger partial charge in [-0.15, -0.1) is 0 Å². The number of nitrogens with zero attached hydrogens (tertiary/aromatic N) is 1. The molecular weight excluding hydrogens is 244 g/mol. The number of anilines is 1. The number of hydrogen-bond acceptors (Lipinski definition) is 4. The third-order valence-corrected chi connectivity index (χ3v) is 2.73. The van der Waals surface area contributed by atoms with Gasteiger partial charge in [0.1, 0.15) is 0 Å². The maximum absolute atomic E-state index is 12.5. The summed E-state index contributed by atoms with van der Waals surface area (Å²) in [5, 5.41) is 9.85. The van der Waals surface area contributed by atoms with Crippen molar-refractivity contribution in [3.8, 4) is 5.75 Å². The number of hydrogen-bond donors (Lipinski definition) is 2. The molecule has 0 heterocycles. The smallest absolute Gasteiger partial charge is 0.257 e. The summed E-state index contributed by atoms with van der Waals surface area (Å²) < 4.78 is 5.19. The molecule has 5 nitrogen and oxygen atoms in total. The Morgan fingerprint density at radius 2 is 2.11 bits per heavy atom. The zero-order chi connectivity index (χ0) is 14.6. The molecule has 0 atom stereocenters. The lowest BCUT2D eigenvalue weighted by atomic mass is 10.1. The Kier molecular flexibility index (Phi) is 4.78. The normalized spacial score (nSPS) is 11.2. The number of aliphatic hydroxyl groups is 1. The van der Waals surface area contributed by atoms with Gasteiger partial charge in [0.2, 0.25) is 0 Å². The fourth-order valence-electron chi connectivity index (χ4n) is 1.92. The van der Waals surface area contributed by atoms with Gasteiger partial charge in [0.25, 0.3) is 5.91 Å². The summed E-state index contributed by atoms with van der Waals surface area (Å²) in [6.45, 7) is 5.95. The number of rotatable bonds is 5. The van der Waals surface area contributed by atoms with Gasteiger partial charge in [-0.25, -0.2) is 0 Å². The monoisotopic (exact) mass is 266 g/mol. The van der Waals surface area contributed by atoms with E-state index in [1.54, 1.807) is 36.9 Å². The van der Waals surface area contributed by atoms with Crippen molar-refractivity contribution < 1.29 is 14.6 Å². The quantitative estimate of drug-likeness (QED) is 0.792. The SMILES string of the molecule is CCN(CC(C)(C)O)C(=O)c1cccc(N)c1OC. The zero-order valence-electron chi connectivity index (χ0n) is 11.9. The van der Waals surface area contributed by atoms with E-state index in [9.17, 15) is 9.90 Å². The molecule has 3 N–H and O–H groups in total. The van der Waals surface area contributed by atoms with Crippen LogP contribution < -0.4 is 10.5 Å². The zero-order valence-corrected chi connectivity index (χ0v) is 11.9. The molecule has 5 heteroatoms. The van der Waals surface area contributed by atoms with E-state index in [0.717, 1.165) is 0 Å². The van der Waals surface area contributed by atoms with E-state index in [4.69, 9.17) is 10.5 Å². The molecule has 1 aromatic rings. The van der Waals surface area contributed by atoms with E-state index in [2.05, 4.69) is 0 Å². The third kappa shape index (κ3) is 3.86. The minimum atomic E-state index is -0.945. The van der Waals surface area contributed by atoms with Crippen LogP contribution in [0.2, 0.25) is 0 Å². The van der Waals surface area contributed by atoms with Crippen molar-refractivity contribution in [2.24, 2.45) is 0 Å². The molecule has 0 aliphatic carbocycles. The van der Waals surface area contributed by atoms with Gasteiger partial charge in [0.15, 0.2) is 5.75 Å². The first kappa shape index (κ1) is 15.3. The molecule has 0 aliphatic heterocycles. The van der Waals surface area contributed by atoms with Crippen LogP contribution in [-0.2, 0) is 0 Å². The van der Waals surface area contributed by atoms with E-state index in [1.165, 1.54) is 7.11 Å². The molecule has 0 saturated carbocycles. The molecular formula is C14H22N2O3. The number of amides is 1. The molecule has 0 aliphatic rings. The molecule has 0 unspecified atom stereocenters. The fraction of sp³-hybridized carbons (Fsp3) is 0.500. The fourth-order valence-corrected chi connectivity index (χ4v) is 1.92. The summed E-state index contributed by atoms with van der Waals surface area (Å²) in [6, 6.07) is 5.06. The van der Waals surface area contributed by atoms with Crippen LogP contribution in [0.5, 0.6) is 5.75 Å². The van der Waals surface area contributed by atoms with E-state index < -0.39 is 5.60 Å². The second-order valence-electron chi connectivity index (χ2n) is 5.06. The van der Waals surface area contributed by atoms with Crippen LogP contribution >= 0.6 is 0 Å². The molecule has 0 spiro atoms. The Morgan fingerprint density at radius 1 is 1.47 bits per heavy atom. The van der Waals surface area contributed by atoms with Gasteiger partial charge in [-0.05, 0) is 32.9 Å². The van der Waals surface area contributed by atoms with Crippen molar-refractivity contribution in [3.05, 3.63) is 23.8 Å². The van der Waals surface area contributed by atoms with E-state index in [1.807, 2.05) is 6.92 Å². The highest BCUT2D eigenvalue weighted by Crippen LogP contribution is 2.27. The van der Waals surface area contributed by atoms with Gasteiger partial charge in [-0.1, -0.05) is 6.07 Å². The Bertz CT molecular complexity index is 452. The average molecular weight is 266 g/mol. The van der Waals surface area contributed by atoms with Gasteiger partial charge in [-0.2, -0.15) is 0 Å². The number of carbonyl (C=O) groups is 1.